The van der Waals surface area contributed by atoms with E-state index in [1.165, 1.54) is 4.68 Å². The Morgan fingerprint density at radius 2 is 1.80 bits per heavy atom. The van der Waals surface area contributed by atoms with Gasteiger partial charge in [-0.1, -0.05) is 17.7 Å². The highest BCUT2D eigenvalue weighted by atomic mass is 35.5. The molecule has 0 bridgehead atoms. The van der Waals surface area contributed by atoms with Crippen molar-refractivity contribution >= 4 is 40.0 Å². The number of carbonyl (C=O) groups excluding carboxylic acids is 2. The van der Waals surface area contributed by atoms with Crippen molar-refractivity contribution < 1.29 is 19.1 Å². The van der Waals surface area contributed by atoms with Crippen LogP contribution in [-0.4, -0.2) is 46.3 Å². The summed E-state index contributed by atoms with van der Waals surface area (Å²) < 4.78 is 12.3. The first-order valence-corrected chi connectivity index (χ1v) is 13.2. The summed E-state index contributed by atoms with van der Waals surface area (Å²) in [5.74, 6) is 0.763. The van der Waals surface area contributed by atoms with Gasteiger partial charge in [0.25, 0.3) is 5.91 Å². The number of ether oxygens (including phenoxy) is 2. The number of aromatic amines is 1. The summed E-state index contributed by atoms with van der Waals surface area (Å²) in [6.45, 7) is 0.883. The molecule has 2 aromatic heterocycles. The smallest absolute Gasteiger partial charge is 0.251 e. The lowest BCUT2D eigenvalue weighted by atomic mass is 10.0. The molecule has 0 aliphatic carbocycles. The van der Waals surface area contributed by atoms with E-state index in [4.69, 9.17) is 21.1 Å². The summed E-state index contributed by atoms with van der Waals surface area (Å²) >= 11 is 6.08. The summed E-state index contributed by atoms with van der Waals surface area (Å²) in [6.07, 6.45) is 2.38. The van der Waals surface area contributed by atoms with Gasteiger partial charge >= 0.3 is 0 Å². The molecule has 0 unspecified atom stereocenters. The Hall–Kier alpha value is -5.27. The standard InChI is InChI=1S/C30H23ClN6O4/c31-21-5-7-22(8-6-21)37-29(34-11-1-12-35-30(39)20-3-2-18-10-13-33-24(18)14-20)23(16-32)27(36-37)28(38)19-4-9-25-26(15-19)41-17-40-25/h2-10,13-15,33-34H,1,11-12,17H2,(H,35,39). The molecule has 5 aromatic rings. The van der Waals surface area contributed by atoms with Crippen molar-refractivity contribution in [2.45, 2.75) is 6.42 Å². The van der Waals surface area contributed by atoms with Crippen LogP contribution < -0.4 is 20.1 Å². The number of benzene rings is 3. The van der Waals surface area contributed by atoms with Gasteiger partial charge in [-0.2, -0.15) is 10.4 Å². The van der Waals surface area contributed by atoms with Crippen LogP contribution in [0, 0.1) is 11.3 Å². The molecule has 1 amide bonds. The van der Waals surface area contributed by atoms with Crippen molar-refractivity contribution in [1.29, 1.82) is 5.26 Å². The Bertz CT molecular complexity index is 1820. The van der Waals surface area contributed by atoms with E-state index in [0.717, 1.165) is 10.9 Å². The second-order valence-electron chi connectivity index (χ2n) is 9.29. The van der Waals surface area contributed by atoms with Gasteiger partial charge in [0.05, 0.1) is 5.69 Å². The maximum absolute atomic E-state index is 13.5. The zero-order chi connectivity index (χ0) is 28.3. The molecule has 0 fully saturated rings. The number of carbonyl (C=O) groups is 2. The van der Waals surface area contributed by atoms with Gasteiger partial charge in [0.2, 0.25) is 12.6 Å². The van der Waals surface area contributed by atoms with Gasteiger partial charge in [-0.25, -0.2) is 4.68 Å². The quantitative estimate of drug-likeness (QED) is 0.167. The van der Waals surface area contributed by atoms with E-state index in [1.54, 1.807) is 48.5 Å². The fourth-order valence-corrected chi connectivity index (χ4v) is 4.70. The van der Waals surface area contributed by atoms with Crippen LogP contribution in [0.2, 0.25) is 5.02 Å². The summed E-state index contributed by atoms with van der Waals surface area (Å²) in [5.41, 5.74) is 2.49. The molecule has 0 saturated heterocycles. The molecule has 6 rings (SSSR count). The SMILES string of the molecule is N#Cc1c(C(=O)c2ccc3c(c2)OCO3)nn(-c2ccc(Cl)cc2)c1NCCCNC(=O)c1ccc2cc[nH]c2c1. The lowest BCUT2D eigenvalue weighted by molar-refractivity contribution is 0.0953. The van der Waals surface area contributed by atoms with E-state index in [1.807, 2.05) is 24.4 Å². The number of aromatic nitrogens is 3. The Labute approximate surface area is 239 Å². The van der Waals surface area contributed by atoms with Gasteiger partial charge in [0.15, 0.2) is 17.2 Å². The maximum atomic E-state index is 13.5. The minimum Gasteiger partial charge on any atom is -0.454 e. The summed E-state index contributed by atoms with van der Waals surface area (Å²) in [5, 5.41) is 22.4. The Balaban J connectivity index is 1.20. The predicted molar refractivity (Wildman–Crippen MR) is 153 cm³/mol. The third-order valence-corrected chi connectivity index (χ3v) is 6.92. The molecular formula is C30H23ClN6O4. The molecule has 3 heterocycles. The van der Waals surface area contributed by atoms with E-state index in [9.17, 15) is 14.9 Å². The Morgan fingerprint density at radius 1 is 1.00 bits per heavy atom. The second kappa shape index (κ2) is 11.1. The van der Waals surface area contributed by atoms with Crippen LogP contribution in [0.4, 0.5) is 5.82 Å². The number of halogens is 1. The third-order valence-electron chi connectivity index (χ3n) is 6.67. The first kappa shape index (κ1) is 26.0. The normalized spacial score (nSPS) is 11.8. The van der Waals surface area contributed by atoms with Crippen molar-refractivity contribution in [3.8, 4) is 23.3 Å². The van der Waals surface area contributed by atoms with Gasteiger partial charge in [-0.3, -0.25) is 9.59 Å². The summed E-state index contributed by atoms with van der Waals surface area (Å²) in [7, 11) is 0. The molecule has 204 valence electrons. The number of nitrogens with zero attached hydrogens (tertiary/aromatic N) is 3. The van der Waals surface area contributed by atoms with Crippen LogP contribution in [0.25, 0.3) is 16.6 Å². The molecule has 1 aliphatic heterocycles. The van der Waals surface area contributed by atoms with Gasteiger partial charge < -0.3 is 25.1 Å². The van der Waals surface area contributed by atoms with Crippen LogP contribution in [0.5, 0.6) is 11.5 Å². The molecule has 0 saturated carbocycles. The van der Waals surface area contributed by atoms with E-state index in [-0.39, 0.29) is 24.0 Å². The van der Waals surface area contributed by atoms with E-state index >= 15 is 0 Å². The number of amides is 1. The maximum Gasteiger partial charge on any atom is 0.251 e. The number of rotatable bonds is 9. The Morgan fingerprint density at radius 3 is 2.63 bits per heavy atom. The van der Waals surface area contributed by atoms with Crippen molar-refractivity contribution in [3.05, 3.63) is 100 Å². The number of nitriles is 1. The average molecular weight is 567 g/mol. The van der Waals surface area contributed by atoms with Crippen LogP contribution in [-0.2, 0) is 0 Å². The fraction of sp³-hybridized carbons (Fsp3) is 0.133. The van der Waals surface area contributed by atoms with Crippen molar-refractivity contribution in [2.75, 3.05) is 25.2 Å². The topological polar surface area (TPSA) is 134 Å². The highest BCUT2D eigenvalue weighted by Gasteiger charge is 2.26. The van der Waals surface area contributed by atoms with E-state index in [0.29, 0.717) is 58.7 Å². The highest BCUT2D eigenvalue weighted by Crippen LogP contribution is 2.34. The van der Waals surface area contributed by atoms with Crippen LogP contribution in [0.1, 0.15) is 38.4 Å². The van der Waals surface area contributed by atoms with Crippen LogP contribution in [0.3, 0.4) is 0 Å². The van der Waals surface area contributed by atoms with E-state index < -0.39 is 5.78 Å². The first-order chi connectivity index (χ1) is 20.0. The number of hydrogen-bond donors (Lipinski definition) is 3. The first-order valence-electron chi connectivity index (χ1n) is 12.8. The number of nitrogens with one attached hydrogen (secondary N) is 3. The molecule has 1 aliphatic rings. The molecule has 11 heteroatoms. The zero-order valence-corrected chi connectivity index (χ0v) is 22.4. The van der Waals surface area contributed by atoms with E-state index in [2.05, 4.69) is 26.8 Å². The molecule has 10 nitrogen and oxygen atoms in total. The number of hydrogen-bond acceptors (Lipinski definition) is 7. The number of anilines is 1. The average Bonchev–Trinajstić information content (AvgIpc) is 3.74. The van der Waals surface area contributed by atoms with Crippen molar-refractivity contribution in [2.24, 2.45) is 0 Å². The molecule has 0 radical (unpaired) electrons. The minimum absolute atomic E-state index is 0.00294. The van der Waals surface area contributed by atoms with Crippen LogP contribution >= 0.6 is 11.6 Å². The number of fused-ring (bicyclic) bond motifs is 2. The van der Waals surface area contributed by atoms with Crippen molar-refractivity contribution in [3.63, 3.8) is 0 Å². The molecular weight excluding hydrogens is 544 g/mol. The molecule has 41 heavy (non-hydrogen) atoms. The second-order valence-corrected chi connectivity index (χ2v) is 9.72. The lowest BCUT2D eigenvalue weighted by Crippen LogP contribution is -2.26. The molecule has 3 N–H and O–H groups in total. The van der Waals surface area contributed by atoms with Gasteiger partial charge in [0.1, 0.15) is 17.5 Å². The summed E-state index contributed by atoms with van der Waals surface area (Å²) in [6, 6.07) is 21.3. The van der Waals surface area contributed by atoms with Gasteiger partial charge in [0, 0.05) is 41.0 Å². The monoisotopic (exact) mass is 566 g/mol. The number of ketones is 1. The largest absolute Gasteiger partial charge is 0.454 e. The predicted octanol–water partition coefficient (Wildman–Crippen LogP) is 5.07. The minimum atomic E-state index is -0.429. The fourth-order valence-electron chi connectivity index (χ4n) is 4.58. The van der Waals surface area contributed by atoms with Gasteiger partial charge in [-0.05, 0) is 72.5 Å². The van der Waals surface area contributed by atoms with Crippen LogP contribution in [0.15, 0.2) is 72.9 Å². The summed E-state index contributed by atoms with van der Waals surface area (Å²) in [4.78, 5) is 29.2. The molecule has 0 spiro atoms. The third kappa shape index (κ3) is 5.18. The Kier molecular flexibility index (Phi) is 7.02. The number of H-pyrrole nitrogens is 1. The highest BCUT2D eigenvalue weighted by molar-refractivity contribution is 6.30. The molecule has 0 atom stereocenters. The molecule has 3 aromatic carbocycles. The zero-order valence-electron chi connectivity index (χ0n) is 21.6. The van der Waals surface area contributed by atoms with Crippen molar-refractivity contribution in [1.82, 2.24) is 20.1 Å². The lowest BCUT2D eigenvalue weighted by Gasteiger charge is -2.11. The van der Waals surface area contributed by atoms with Gasteiger partial charge in [-0.15, -0.1) is 0 Å².